The summed E-state index contributed by atoms with van der Waals surface area (Å²) in [7, 11) is 0. The Kier molecular flexibility index (Phi) is 1.80. The number of benzene rings is 1. The minimum absolute atomic E-state index is 0.260. The highest BCUT2D eigenvalue weighted by Gasteiger charge is 2.12. The predicted octanol–water partition coefficient (Wildman–Crippen LogP) is 1.00. The molecular weight excluding hydrogens is 160 g/mol. The Morgan fingerprint density at radius 2 is 1.69 bits per heavy atom. The summed E-state index contributed by atoms with van der Waals surface area (Å²) in [6.07, 6.45) is 0.586. The Morgan fingerprint density at radius 1 is 1.08 bits per heavy atom. The molecule has 1 aliphatic carbocycles. The summed E-state index contributed by atoms with van der Waals surface area (Å²) in [5.41, 5.74) is 2.09. The molecule has 1 nitrogen and oxygen atoms in total. The van der Waals surface area contributed by atoms with Crippen LogP contribution in [0, 0.1) is 0 Å². The number of hydrogen-bond donors (Lipinski definition) is 0. The van der Waals surface area contributed by atoms with Crippen LogP contribution in [0.4, 0.5) is 0 Å². The number of Topliss-reactive ketones (excluding diaryl/α,β-unsaturated/α-hetero) is 1. The van der Waals surface area contributed by atoms with Gasteiger partial charge >= 0.3 is 0 Å². The van der Waals surface area contributed by atoms with Gasteiger partial charge in [-0.25, -0.2) is 0 Å². The van der Waals surface area contributed by atoms with Crippen molar-refractivity contribution in [1.82, 2.24) is 0 Å². The Balaban J connectivity index is 2.99. The normalized spacial score (nSPS) is 16.0. The largest absolute Gasteiger partial charge is 0.294 e. The highest BCUT2D eigenvalue weighted by atomic mass is 16.1. The van der Waals surface area contributed by atoms with E-state index in [1.165, 1.54) is 10.8 Å². The van der Waals surface area contributed by atoms with Crippen LogP contribution in [0.15, 0.2) is 24.3 Å². The van der Waals surface area contributed by atoms with Crippen LogP contribution in [0.5, 0.6) is 0 Å². The monoisotopic (exact) mass is 172 g/mol. The smallest absolute Gasteiger partial charge is 0.163 e. The van der Waals surface area contributed by atoms with Gasteiger partial charge in [0.25, 0.3) is 0 Å². The van der Waals surface area contributed by atoms with Crippen LogP contribution < -0.4 is 10.4 Å². The Hall–Kier alpha value is -1.37. The quantitative estimate of drug-likeness (QED) is 0.570. The fraction of sp³-hybridized carbons (Fsp3) is 0.250. The average Bonchev–Trinajstić information content (AvgIpc) is 2.15. The van der Waals surface area contributed by atoms with E-state index in [2.05, 4.69) is 6.07 Å². The number of ketones is 1. The van der Waals surface area contributed by atoms with E-state index in [0.29, 0.717) is 6.42 Å². The molecule has 1 aromatic carbocycles. The van der Waals surface area contributed by atoms with Crippen molar-refractivity contribution in [3.8, 4) is 0 Å². The van der Waals surface area contributed by atoms with Crippen LogP contribution in [0.3, 0.4) is 0 Å². The molecule has 0 atom stereocenters. The van der Waals surface area contributed by atoms with Gasteiger partial charge in [-0.1, -0.05) is 29.8 Å². The lowest BCUT2D eigenvalue weighted by molar-refractivity contribution is -0.113. The number of fused-ring (bicyclic) bond motifs is 1. The van der Waals surface area contributed by atoms with Crippen LogP contribution >= 0.6 is 0 Å². The molecule has 0 spiro atoms. The van der Waals surface area contributed by atoms with Crippen LogP contribution in [0.25, 0.3) is 11.1 Å². The van der Waals surface area contributed by atoms with Crippen molar-refractivity contribution in [2.24, 2.45) is 0 Å². The lowest BCUT2D eigenvalue weighted by Gasteiger charge is -2.09. The molecule has 0 amide bonds. The van der Waals surface area contributed by atoms with Crippen LogP contribution in [-0.2, 0) is 4.79 Å². The molecule has 0 heterocycles. The molecule has 0 N–H and O–H groups in total. The van der Waals surface area contributed by atoms with Crippen molar-refractivity contribution < 1.29 is 4.79 Å². The van der Waals surface area contributed by atoms with Crippen LogP contribution in [-0.4, -0.2) is 5.78 Å². The van der Waals surface area contributed by atoms with Crippen molar-refractivity contribution in [2.45, 2.75) is 20.3 Å². The third kappa shape index (κ3) is 1.21. The van der Waals surface area contributed by atoms with E-state index in [1.54, 1.807) is 0 Å². The lowest BCUT2D eigenvalue weighted by atomic mass is 9.94. The topological polar surface area (TPSA) is 17.1 Å². The SMILES string of the molecule is CC1=c2ccccc2=C(C)C(=O)C1. The second kappa shape index (κ2) is 2.84. The molecular formula is C12H12O. The zero-order chi connectivity index (χ0) is 9.42. The highest BCUT2D eigenvalue weighted by molar-refractivity contribution is 6.17. The summed E-state index contributed by atoms with van der Waals surface area (Å²) in [4.78, 5) is 11.5. The van der Waals surface area contributed by atoms with Crippen molar-refractivity contribution in [2.75, 3.05) is 0 Å². The van der Waals surface area contributed by atoms with Crippen molar-refractivity contribution in [3.63, 3.8) is 0 Å². The summed E-state index contributed by atoms with van der Waals surface area (Å²) in [5.74, 6) is 0.260. The molecule has 1 heteroatoms. The van der Waals surface area contributed by atoms with E-state index in [4.69, 9.17) is 0 Å². The minimum Gasteiger partial charge on any atom is -0.294 e. The van der Waals surface area contributed by atoms with E-state index in [9.17, 15) is 4.79 Å². The van der Waals surface area contributed by atoms with Gasteiger partial charge in [0.15, 0.2) is 5.78 Å². The van der Waals surface area contributed by atoms with Crippen molar-refractivity contribution in [1.29, 1.82) is 0 Å². The molecule has 0 aromatic heterocycles. The van der Waals surface area contributed by atoms with Gasteiger partial charge in [-0.05, 0) is 24.3 Å². The van der Waals surface area contributed by atoms with E-state index >= 15 is 0 Å². The molecule has 2 rings (SSSR count). The maximum absolute atomic E-state index is 11.5. The first-order valence-corrected chi connectivity index (χ1v) is 4.49. The van der Waals surface area contributed by atoms with Crippen LogP contribution in [0.1, 0.15) is 20.3 Å². The molecule has 1 aromatic rings. The fourth-order valence-corrected chi connectivity index (χ4v) is 1.80. The van der Waals surface area contributed by atoms with Gasteiger partial charge in [0.05, 0.1) is 0 Å². The maximum Gasteiger partial charge on any atom is 0.163 e. The number of carbonyl (C=O) groups is 1. The maximum atomic E-state index is 11.5. The number of rotatable bonds is 0. The summed E-state index contributed by atoms with van der Waals surface area (Å²) >= 11 is 0. The lowest BCUT2D eigenvalue weighted by Crippen LogP contribution is -2.34. The fourth-order valence-electron chi connectivity index (χ4n) is 1.80. The van der Waals surface area contributed by atoms with Gasteiger partial charge in [-0.2, -0.15) is 0 Å². The van der Waals surface area contributed by atoms with E-state index in [0.717, 1.165) is 10.8 Å². The zero-order valence-electron chi connectivity index (χ0n) is 7.92. The molecule has 0 saturated carbocycles. The first-order chi connectivity index (χ1) is 6.20. The molecule has 0 saturated heterocycles. The summed E-state index contributed by atoms with van der Waals surface area (Å²) in [5, 5.41) is 2.34. The van der Waals surface area contributed by atoms with Gasteiger partial charge in [0.2, 0.25) is 0 Å². The van der Waals surface area contributed by atoms with Crippen molar-refractivity contribution in [3.05, 3.63) is 34.7 Å². The van der Waals surface area contributed by atoms with Gasteiger partial charge in [-0.3, -0.25) is 4.79 Å². The molecule has 0 unspecified atom stereocenters. The van der Waals surface area contributed by atoms with Crippen LogP contribution in [0.2, 0.25) is 0 Å². The molecule has 0 radical (unpaired) electrons. The Morgan fingerprint density at radius 3 is 2.38 bits per heavy atom. The zero-order valence-corrected chi connectivity index (χ0v) is 7.92. The first-order valence-electron chi connectivity index (χ1n) is 4.49. The molecule has 66 valence electrons. The van der Waals surface area contributed by atoms with Crippen molar-refractivity contribution >= 4 is 16.9 Å². The molecule has 0 bridgehead atoms. The van der Waals surface area contributed by atoms with Gasteiger partial charge in [-0.15, -0.1) is 0 Å². The van der Waals surface area contributed by atoms with Gasteiger partial charge in [0, 0.05) is 12.0 Å². The predicted molar refractivity (Wildman–Crippen MR) is 53.5 cm³/mol. The van der Waals surface area contributed by atoms with Gasteiger partial charge < -0.3 is 0 Å². The van der Waals surface area contributed by atoms with E-state index in [1.807, 2.05) is 32.0 Å². The second-order valence-corrected chi connectivity index (χ2v) is 3.55. The summed E-state index contributed by atoms with van der Waals surface area (Å²) in [6, 6.07) is 8.10. The summed E-state index contributed by atoms with van der Waals surface area (Å²) in [6.45, 7) is 3.94. The molecule has 1 aliphatic rings. The molecule has 0 aliphatic heterocycles. The Labute approximate surface area is 77.4 Å². The number of hydrogen-bond acceptors (Lipinski definition) is 1. The summed E-state index contributed by atoms with van der Waals surface area (Å²) < 4.78 is 0. The molecule has 0 fully saturated rings. The standard InChI is InChI=1S/C12H12O/c1-8-7-12(13)9(2)11-6-4-3-5-10(8)11/h3-6H,7H2,1-2H3. The van der Waals surface area contributed by atoms with E-state index < -0.39 is 0 Å². The van der Waals surface area contributed by atoms with E-state index in [-0.39, 0.29) is 5.78 Å². The first kappa shape index (κ1) is 8.24. The third-order valence-corrected chi connectivity index (χ3v) is 2.63. The number of carbonyl (C=O) groups excluding carboxylic acids is 1. The third-order valence-electron chi connectivity index (χ3n) is 2.63. The van der Waals surface area contributed by atoms with Gasteiger partial charge in [0.1, 0.15) is 0 Å². The Bertz CT molecular complexity index is 480. The highest BCUT2D eigenvalue weighted by Crippen LogP contribution is 2.08. The molecule has 13 heavy (non-hydrogen) atoms. The average molecular weight is 172 g/mol. The minimum atomic E-state index is 0.260. The second-order valence-electron chi connectivity index (χ2n) is 3.55.